The first-order valence-corrected chi connectivity index (χ1v) is 12.6. The number of hydrogen-bond donors (Lipinski definition) is 5. The minimum Gasteiger partial charge on any atom is -0.506 e. The summed E-state index contributed by atoms with van der Waals surface area (Å²) in [6.07, 6.45) is 3.36. The first kappa shape index (κ1) is 26.1. The highest BCUT2D eigenvalue weighted by Crippen LogP contribution is 2.29. The molecule has 0 radical (unpaired) electrons. The van der Waals surface area contributed by atoms with E-state index in [-0.39, 0.29) is 11.7 Å². The van der Waals surface area contributed by atoms with Gasteiger partial charge in [-0.2, -0.15) is 15.0 Å². The van der Waals surface area contributed by atoms with E-state index in [1.807, 2.05) is 24.0 Å². The van der Waals surface area contributed by atoms with Gasteiger partial charge in [-0.3, -0.25) is 4.79 Å². The van der Waals surface area contributed by atoms with Crippen molar-refractivity contribution < 1.29 is 9.90 Å². The van der Waals surface area contributed by atoms with E-state index in [9.17, 15) is 9.90 Å². The van der Waals surface area contributed by atoms with E-state index in [1.165, 1.54) is 12.5 Å². The molecule has 1 aliphatic heterocycles. The highest BCUT2D eigenvalue weighted by molar-refractivity contribution is 6.05. The SMILES string of the molecule is Cc1ccc(C(=O)Nc2ccc(Nc3nc(N(CCN)CCN)nc(N4CCCCC4)n3)cc2O)cc1. The van der Waals surface area contributed by atoms with Crippen molar-refractivity contribution in [3.8, 4) is 5.75 Å². The van der Waals surface area contributed by atoms with Crippen LogP contribution in [0.3, 0.4) is 0 Å². The molecule has 11 heteroatoms. The molecule has 0 atom stereocenters. The monoisotopic (exact) mass is 505 g/mol. The number of phenols is 1. The summed E-state index contributed by atoms with van der Waals surface area (Å²) < 4.78 is 0. The van der Waals surface area contributed by atoms with Gasteiger partial charge in [-0.1, -0.05) is 17.7 Å². The number of carbonyl (C=O) groups is 1. The number of nitrogens with zero attached hydrogens (tertiary/aromatic N) is 5. The smallest absolute Gasteiger partial charge is 0.255 e. The van der Waals surface area contributed by atoms with Crippen LogP contribution in [0, 0.1) is 6.92 Å². The topological polar surface area (TPSA) is 159 Å². The molecule has 3 aromatic rings. The van der Waals surface area contributed by atoms with Gasteiger partial charge in [0, 0.05) is 56.6 Å². The summed E-state index contributed by atoms with van der Waals surface area (Å²) in [6.45, 7) is 5.73. The Balaban J connectivity index is 1.56. The lowest BCUT2D eigenvalue weighted by Crippen LogP contribution is -2.36. The van der Waals surface area contributed by atoms with E-state index in [0.717, 1.165) is 31.5 Å². The Morgan fingerprint density at radius 3 is 2.35 bits per heavy atom. The van der Waals surface area contributed by atoms with E-state index >= 15 is 0 Å². The second-order valence-electron chi connectivity index (χ2n) is 9.05. The van der Waals surface area contributed by atoms with Crippen molar-refractivity contribution >= 4 is 35.1 Å². The Kier molecular flexibility index (Phi) is 8.70. The third-order valence-corrected chi connectivity index (χ3v) is 6.15. The second-order valence-corrected chi connectivity index (χ2v) is 9.05. The number of anilines is 5. The summed E-state index contributed by atoms with van der Waals surface area (Å²) in [5.41, 5.74) is 14.1. The number of amides is 1. The van der Waals surface area contributed by atoms with Crippen LogP contribution in [0.2, 0.25) is 0 Å². The van der Waals surface area contributed by atoms with Crippen LogP contribution in [0.15, 0.2) is 42.5 Å². The summed E-state index contributed by atoms with van der Waals surface area (Å²) in [7, 11) is 0. The summed E-state index contributed by atoms with van der Waals surface area (Å²) in [5.74, 6) is 1.06. The first-order chi connectivity index (χ1) is 18.0. The van der Waals surface area contributed by atoms with Gasteiger partial charge in [-0.25, -0.2) is 0 Å². The number of nitrogens with one attached hydrogen (secondary N) is 2. The summed E-state index contributed by atoms with van der Waals surface area (Å²) in [5, 5.41) is 16.5. The van der Waals surface area contributed by atoms with Crippen LogP contribution in [-0.2, 0) is 0 Å². The third-order valence-electron chi connectivity index (χ3n) is 6.15. The highest BCUT2D eigenvalue weighted by atomic mass is 16.3. The number of aryl methyl sites for hydroxylation is 1. The molecule has 1 fully saturated rings. The molecule has 37 heavy (non-hydrogen) atoms. The van der Waals surface area contributed by atoms with Crippen LogP contribution in [-0.4, -0.2) is 65.2 Å². The number of phenolic OH excluding ortho intramolecular Hbond substituents is 1. The Hall–Kier alpha value is -3.96. The highest BCUT2D eigenvalue weighted by Gasteiger charge is 2.19. The van der Waals surface area contributed by atoms with Gasteiger partial charge in [-0.15, -0.1) is 0 Å². The number of hydrogen-bond acceptors (Lipinski definition) is 10. The zero-order valence-corrected chi connectivity index (χ0v) is 21.2. The van der Waals surface area contributed by atoms with Crippen molar-refractivity contribution in [3.05, 3.63) is 53.6 Å². The zero-order chi connectivity index (χ0) is 26.2. The molecule has 1 amide bonds. The lowest BCUT2D eigenvalue weighted by molar-refractivity contribution is 0.102. The van der Waals surface area contributed by atoms with Gasteiger partial charge in [0.25, 0.3) is 5.91 Å². The molecule has 4 rings (SSSR count). The molecule has 7 N–H and O–H groups in total. The normalized spacial score (nSPS) is 13.3. The maximum absolute atomic E-state index is 12.6. The number of carbonyl (C=O) groups excluding carboxylic acids is 1. The number of aromatic hydroxyl groups is 1. The number of aromatic nitrogens is 3. The minimum absolute atomic E-state index is 0.0797. The molecule has 196 valence electrons. The molecule has 1 saturated heterocycles. The molecule has 0 unspecified atom stereocenters. The van der Waals surface area contributed by atoms with Crippen molar-refractivity contribution in [1.29, 1.82) is 0 Å². The molecule has 1 aromatic heterocycles. The number of piperidine rings is 1. The van der Waals surface area contributed by atoms with Gasteiger partial charge in [0.1, 0.15) is 5.75 Å². The molecule has 0 aliphatic carbocycles. The Bertz CT molecular complexity index is 1190. The van der Waals surface area contributed by atoms with Gasteiger partial charge in [-0.05, 0) is 50.5 Å². The summed E-state index contributed by atoms with van der Waals surface area (Å²) in [6, 6.07) is 12.1. The number of benzene rings is 2. The predicted octanol–water partition coefficient (Wildman–Crippen LogP) is 2.60. The molecule has 2 aromatic carbocycles. The fourth-order valence-electron chi connectivity index (χ4n) is 4.15. The Morgan fingerprint density at radius 2 is 1.70 bits per heavy atom. The standard InChI is InChI=1S/C26H35N9O2/c1-18-5-7-19(8-6-18)23(37)30-21-10-9-20(17-22(21)36)29-24-31-25(34-13-3-2-4-14-34)33-26(32-24)35(15-11-27)16-12-28/h5-10,17,36H,2-4,11-16,27-28H2,1H3,(H,30,37)(H,29,31,32,33). The fraction of sp³-hybridized carbons (Fsp3) is 0.385. The van der Waals surface area contributed by atoms with Gasteiger partial charge in [0.15, 0.2) is 0 Å². The third kappa shape index (κ3) is 6.83. The van der Waals surface area contributed by atoms with E-state index in [2.05, 4.69) is 25.5 Å². The van der Waals surface area contributed by atoms with Crippen LogP contribution in [0.25, 0.3) is 0 Å². The average molecular weight is 506 g/mol. The first-order valence-electron chi connectivity index (χ1n) is 12.6. The molecular weight excluding hydrogens is 470 g/mol. The van der Waals surface area contributed by atoms with E-state index in [1.54, 1.807) is 24.3 Å². The van der Waals surface area contributed by atoms with Crippen LogP contribution in [0.5, 0.6) is 5.75 Å². The van der Waals surface area contributed by atoms with Crippen LogP contribution in [0.1, 0.15) is 35.2 Å². The summed E-state index contributed by atoms with van der Waals surface area (Å²) in [4.78, 5) is 30.6. The Morgan fingerprint density at radius 1 is 1.00 bits per heavy atom. The van der Waals surface area contributed by atoms with Crippen LogP contribution in [0.4, 0.5) is 29.2 Å². The molecular formula is C26H35N9O2. The molecule has 0 bridgehead atoms. The fourth-order valence-corrected chi connectivity index (χ4v) is 4.15. The zero-order valence-electron chi connectivity index (χ0n) is 21.2. The van der Waals surface area contributed by atoms with Crippen molar-refractivity contribution in [2.24, 2.45) is 11.5 Å². The van der Waals surface area contributed by atoms with Gasteiger partial charge in [0.2, 0.25) is 17.8 Å². The second kappa shape index (κ2) is 12.3. The molecule has 2 heterocycles. The van der Waals surface area contributed by atoms with Crippen LogP contribution >= 0.6 is 0 Å². The van der Waals surface area contributed by atoms with E-state index in [0.29, 0.717) is 61.0 Å². The van der Waals surface area contributed by atoms with Crippen LogP contribution < -0.4 is 31.9 Å². The predicted molar refractivity (Wildman–Crippen MR) is 147 cm³/mol. The summed E-state index contributed by atoms with van der Waals surface area (Å²) >= 11 is 0. The molecule has 0 spiro atoms. The largest absolute Gasteiger partial charge is 0.506 e. The average Bonchev–Trinajstić information content (AvgIpc) is 2.91. The lowest BCUT2D eigenvalue weighted by Gasteiger charge is -2.28. The molecule has 1 aliphatic rings. The van der Waals surface area contributed by atoms with Gasteiger partial charge < -0.3 is 37.0 Å². The van der Waals surface area contributed by atoms with Crippen molar-refractivity contribution in [2.75, 3.05) is 59.7 Å². The maximum Gasteiger partial charge on any atom is 0.255 e. The van der Waals surface area contributed by atoms with Gasteiger partial charge in [0.05, 0.1) is 5.69 Å². The van der Waals surface area contributed by atoms with Crippen molar-refractivity contribution in [2.45, 2.75) is 26.2 Å². The molecule has 11 nitrogen and oxygen atoms in total. The minimum atomic E-state index is -0.302. The molecule has 0 saturated carbocycles. The van der Waals surface area contributed by atoms with Crippen molar-refractivity contribution in [3.63, 3.8) is 0 Å². The maximum atomic E-state index is 12.6. The number of nitrogens with two attached hydrogens (primary N) is 2. The lowest BCUT2D eigenvalue weighted by atomic mass is 10.1. The quantitative estimate of drug-likeness (QED) is 0.259. The van der Waals surface area contributed by atoms with E-state index < -0.39 is 0 Å². The van der Waals surface area contributed by atoms with E-state index in [4.69, 9.17) is 16.5 Å². The van der Waals surface area contributed by atoms with Crippen molar-refractivity contribution in [1.82, 2.24) is 15.0 Å². The Labute approximate surface area is 216 Å². The van der Waals surface area contributed by atoms with Gasteiger partial charge >= 0.3 is 0 Å². The number of rotatable bonds is 10.